The van der Waals surface area contributed by atoms with Crippen molar-refractivity contribution in [3.05, 3.63) is 28.3 Å². The molecule has 0 aliphatic carbocycles. The number of alkyl halides is 3. The van der Waals surface area contributed by atoms with Crippen molar-refractivity contribution in [3.8, 4) is 5.88 Å². The summed E-state index contributed by atoms with van der Waals surface area (Å²) in [6.07, 6.45) is -4.95. The number of halogens is 4. The minimum absolute atomic E-state index is 0.425. The molecule has 3 nitrogen and oxygen atoms in total. The fraction of sp³-hybridized carbons (Fsp3) is 0.167. The van der Waals surface area contributed by atoms with E-state index >= 15 is 0 Å². The van der Waals surface area contributed by atoms with Crippen LogP contribution in [0.2, 0.25) is 0 Å². The van der Waals surface area contributed by atoms with E-state index < -0.39 is 23.6 Å². The van der Waals surface area contributed by atoms with Crippen LogP contribution in [-0.2, 0) is 0 Å². The number of ether oxygens (including phenoxy) is 1. The van der Waals surface area contributed by atoms with Crippen LogP contribution < -0.4 is 10.3 Å². The van der Waals surface area contributed by atoms with Crippen molar-refractivity contribution in [1.29, 1.82) is 0 Å². The molecule has 0 radical (unpaired) electrons. The first-order valence-electron chi connectivity index (χ1n) is 3.02. The number of H-pyrrole nitrogens is 1. The lowest BCUT2D eigenvalue weighted by atomic mass is 10.4. The highest BCUT2D eigenvalue weighted by Crippen LogP contribution is 2.19. The maximum absolute atomic E-state index is 12.3. The zero-order valence-corrected chi connectivity index (χ0v) is 5.98. The van der Waals surface area contributed by atoms with E-state index in [2.05, 4.69) is 4.74 Å². The predicted octanol–water partition coefficient (Wildman–Crippen LogP) is 1.41. The van der Waals surface area contributed by atoms with E-state index in [1.54, 1.807) is 4.98 Å². The largest absolute Gasteiger partial charge is 0.574 e. The summed E-state index contributed by atoms with van der Waals surface area (Å²) in [5.74, 6) is -2.07. The van der Waals surface area contributed by atoms with Gasteiger partial charge in [0.25, 0.3) is 5.56 Å². The summed E-state index contributed by atoms with van der Waals surface area (Å²) in [7, 11) is 0. The molecule has 0 aliphatic rings. The highest BCUT2D eigenvalue weighted by Gasteiger charge is 2.31. The van der Waals surface area contributed by atoms with Crippen molar-refractivity contribution in [3.63, 3.8) is 0 Å². The van der Waals surface area contributed by atoms with Crippen molar-refractivity contribution in [1.82, 2.24) is 4.98 Å². The zero-order valence-electron chi connectivity index (χ0n) is 5.98. The van der Waals surface area contributed by atoms with Gasteiger partial charge in [0.05, 0.1) is 0 Å². The third-order valence-corrected chi connectivity index (χ3v) is 1.01. The van der Waals surface area contributed by atoms with Gasteiger partial charge in [-0.3, -0.25) is 9.78 Å². The molecule has 0 saturated heterocycles. The molecule has 1 aromatic rings. The van der Waals surface area contributed by atoms with Gasteiger partial charge in [0.15, 0.2) is 0 Å². The topological polar surface area (TPSA) is 42.1 Å². The lowest BCUT2D eigenvalue weighted by Gasteiger charge is -2.07. The van der Waals surface area contributed by atoms with Crippen LogP contribution in [0.3, 0.4) is 0 Å². The van der Waals surface area contributed by atoms with E-state index in [9.17, 15) is 22.4 Å². The second-order valence-corrected chi connectivity index (χ2v) is 2.07. The summed E-state index contributed by atoms with van der Waals surface area (Å²) in [6.45, 7) is 0. The number of aromatic nitrogens is 1. The van der Waals surface area contributed by atoms with Crippen molar-refractivity contribution in [2.45, 2.75) is 6.36 Å². The van der Waals surface area contributed by atoms with Crippen LogP contribution in [0, 0.1) is 5.82 Å². The second kappa shape index (κ2) is 3.08. The first-order chi connectivity index (χ1) is 5.87. The minimum atomic E-state index is -4.95. The van der Waals surface area contributed by atoms with Crippen LogP contribution in [0.5, 0.6) is 5.88 Å². The number of nitrogens with one attached hydrogen (secondary N) is 1. The Kier molecular flexibility index (Phi) is 2.26. The Morgan fingerprint density at radius 3 is 2.38 bits per heavy atom. The third kappa shape index (κ3) is 3.14. The van der Waals surface area contributed by atoms with Gasteiger partial charge in [0.1, 0.15) is 5.82 Å². The fourth-order valence-electron chi connectivity index (χ4n) is 0.665. The van der Waals surface area contributed by atoms with Crippen LogP contribution >= 0.6 is 0 Å². The van der Waals surface area contributed by atoms with Crippen LogP contribution in [0.4, 0.5) is 17.6 Å². The predicted molar refractivity (Wildman–Crippen MR) is 33.7 cm³/mol. The molecule has 0 amide bonds. The van der Waals surface area contributed by atoms with Crippen LogP contribution in [0.15, 0.2) is 16.9 Å². The summed E-state index contributed by atoms with van der Waals surface area (Å²) < 4.78 is 50.2. The average Bonchev–Trinajstić information content (AvgIpc) is 1.78. The van der Waals surface area contributed by atoms with Gasteiger partial charge in [0, 0.05) is 12.1 Å². The number of hydrogen-bond acceptors (Lipinski definition) is 2. The van der Waals surface area contributed by atoms with Gasteiger partial charge in [-0.05, 0) is 0 Å². The first-order valence-corrected chi connectivity index (χ1v) is 3.02. The van der Waals surface area contributed by atoms with Crippen LogP contribution in [0.25, 0.3) is 0 Å². The normalized spacial score (nSPS) is 11.4. The molecular formula is C6H3F4NO2. The number of pyridine rings is 1. The average molecular weight is 197 g/mol. The first kappa shape index (κ1) is 9.56. The lowest BCUT2D eigenvalue weighted by Crippen LogP contribution is -2.20. The molecule has 0 spiro atoms. The Bertz CT molecular complexity index is 356. The van der Waals surface area contributed by atoms with Crippen molar-refractivity contribution < 1.29 is 22.3 Å². The molecule has 7 heteroatoms. The molecule has 1 heterocycles. The van der Waals surface area contributed by atoms with Gasteiger partial charge in [-0.25, -0.2) is 4.39 Å². The number of rotatable bonds is 1. The fourth-order valence-corrected chi connectivity index (χ4v) is 0.665. The molecule has 72 valence electrons. The van der Waals surface area contributed by atoms with Crippen LogP contribution in [0.1, 0.15) is 0 Å². The summed E-state index contributed by atoms with van der Waals surface area (Å²) >= 11 is 0. The van der Waals surface area contributed by atoms with Gasteiger partial charge in [-0.2, -0.15) is 0 Å². The molecule has 0 aromatic carbocycles. The van der Waals surface area contributed by atoms with Gasteiger partial charge in [-0.1, -0.05) is 0 Å². The van der Waals surface area contributed by atoms with E-state index in [4.69, 9.17) is 0 Å². The van der Waals surface area contributed by atoms with Gasteiger partial charge >= 0.3 is 6.36 Å². The van der Waals surface area contributed by atoms with Crippen LogP contribution in [-0.4, -0.2) is 11.3 Å². The van der Waals surface area contributed by atoms with E-state index in [1.807, 2.05) is 0 Å². The Morgan fingerprint density at radius 1 is 1.31 bits per heavy atom. The molecule has 0 unspecified atom stereocenters. The van der Waals surface area contributed by atoms with Crippen molar-refractivity contribution >= 4 is 0 Å². The number of aromatic amines is 1. The molecule has 1 rings (SSSR count). The monoisotopic (exact) mass is 197 g/mol. The molecule has 1 aromatic heterocycles. The zero-order chi connectivity index (χ0) is 10.1. The molecule has 0 fully saturated rings. The maximum atomic E-state index is 12.3. The summed E-state index contributed by atoms with van der Waals surface area (Å²) in [4.78, 5) is 12.1. The van der Waals surface area contributed by atoms with E-state index in [0.717, 1.165) is 0 Å². The highest BCUT2D eigenvalue weighted by molar-refractivity contribution is 5.11. The summed E-state index contributed by atoms with van der Waals surface area (Å²) in [5.41, 5.74) is -1.00. The molecule has 0 bridgehead atoms. The quantitative estimate of drug-likeness (QED) is 0.691. The highest BCUT2D eigenvalue weighted by atomic mass is 19.4. The molecule has 0 aliphatic heterocycles. The van der Waals surface area contributed by atoms with Gasteiger partial charge in [-0.15, -0.1) is 13.2 Å². The summed E-state index contributed by atoms with van der Waals surface area (Å²) in [5, 5.41) is 0. The van der Waals surface area contributed by atoms with E-state index in [-0.39, 0.29) is 0 Å². The summed E-state index contributed by atoms with van der Waals surface area (Å²) in [6, 6.07) is 0.929. The smallest absolute Gasteiger partial charge is 0.390 e. The standard InChI is InChI=1S/C6H3F4NO2/c7-3-1-4(12)11-5(2-3)13-6(8,9)10/h1-2H,(H,11,12). The van der Waals surface area contributed by atoms with Crippen molar-refractivity contribution in [2.24, 2.45) is 0 Å². The number of hydrogen-bond donors (Lipinski definition) is 1. The Balaban J connectivity index is 2.96. The molecule has 0 saturated carbocycles. The second-order valence-electron chi connectivity index (χ2n) is 2.07. The minimum Gasteiger partial charge on any atom is -0.390 e. The Hall–Kier alpha value is -1.53. The van der Waals surface area contributed by atoms with E-state index in [0.29, 0.717) is 12.1 Å². The molecule has 1 N–H and O–H groups in total. The molecular weight excluding hydrogens is 194 g/mol. The molecule has 13 heavy (non-hydrogen) atoms. The van der Waals surface area contributed by atoms with Gasteiger partial charge < -0.3 is 4.74 Å². The lowest BCUT2D eigenvalue weighted by molar-refractivity contribution is -0.276. The van der Waals surface area contributed by atoms with E-state index in [1.165, 1.54) is 0 Å². The third-order valence-electron chi connectivity index (χ3n) is 1.01. The van der Waals surface area contributed by atoms with Crippen molar-refractivity contribution in [2.75, 3.05) is 0 Å². The molecule has 0 atom stereocenters. The SMILES string of the molecule is O=c1cc(F)cc(OC(F)(F)F)[nH]1. The van der Waals surface area contributed by atoms with Gasteiger partial charge in [0.2, 0.25) is 5.88 Å². The Morgan fingerprint density at radius 2 is 1.92 bits per heavy atom. The Labute approximate surface area is 69.0 Å². The maximum Gasteiger partial charge on any atom is 0.574 e.